The van der Waals surface area contributed by atoms with E-state index in [2.05, 4.69) is 20.7 Å². The molecule has 0 bridgehead atoms. The van der Waals surface area contributed by atoms with Gasteiger partial charge in [-0.2, -0.15) is 9.78 Å². The number of carbonyl (C=O) groups is 2. The zero-order chi connectivity index (χ0) is 25.1. The molecule has 1 aliphatic rings. The number of rotatable bonds is 7. The van der Waals surface area contributed by atoms with Gasteiger partial charge < -0.3 is 20.5 Å². The third kappa shape index (κ3) is 5.05. The van der Waals surface area contributed by atoms with Crippen LogP contribution in [0.5, 0.6) is 11.5 Å². The van der Waals surface area contributed by atoms with Gasteiger partial charge in [0.1, 0.15) is 11.5 Å². The lowest BCUT2D eigenvalue weighted by molar-refractivity contribution is 0.102. The maximum atomic E-state index is 13.0. The van der Waals surface area contributed by atoms with Crippen molar-refractivity contribution in [3.63, 3.8) is 0 Å². The van der Waals surface area contributed by atoms with E-state index in [4.69, 9.17) is 4.74 Å². The Morgan fingerprint density at radius 1 is 1.06 bits per heavy atom. The van der Waals surface area contributed by atoms with E-state index < -0.39 is 0 Å². The summed E-state index contributed by atoms with van der Waals surface area (Å²) in [7, 11) is 1.61. The van der Waals surface area contributed by atoms with Crippen molar-refractivity contribution < 1.29 is 19.4 Å². The second-order valence-corrected chi connectivity index (χ2v) is 8.57. The summed E-state index contributed by atoms with van der Waals surface area (Å²) in [5.41, 5.74) is 3.56. The second-order valence-electron chi connectivity index (χ2n) is 8.57. The molecule has 0 saturated heterocycles. The molecule has 0 unspecified atom stereocenters. The van der Waals surface area contributed by atoms with Crippen LogP contribution >= 0.6 is 0 Å². The first-order valence-electron chi connectivity index (χ1n) is 11.6. The maximum absolute atomic E-state index is 13.0. The molecular formula is C27H25N5O4. The van der Waals surface area contributed by atoms with Gasteiger partial charge >= 0.3 is 6.03 Å². The highest BCUT2D eigenvalue weighted by molar-refractivity contribution is 6.04. The Balaban J connectivity index is 1.37. The van der Waals surface area contributed by atoms with E-state index >= 15 is 0 Å². The summed E-state index contributed by atoms with van der Waals surface area (Å²) >= 11 is 0. The molecule has 0 radical (unpaired) electrons. The molecular weight excluding hydrogens is 458 g/mol. The van der Waals surface area contributed by atoms with E-state index in [9.17, 15) is 14.7 Å². The number of benzene rings is 2. The molecule has 36 heavy (non-hydrogen) atoms. The van der Waals surface area contributed by atoms with Crippen molar-refractivity contribution in [2.75, 3.05) is 12.4 Å². The molecule has 9 nitrogen and oxygen atoms in total. The van der Waals surface area contributed by atoms with Crippen molar-refractivity contribution in [1.82, 2.24) is 20.1 Å². The number of methoxy groups -OCH3 is 1. The van der Waals surface area contributed by atoms with Crippen LogP contribution in [-0.2, 0) is 6.54 Å². The van der Waals surface area contributed by atoms with Gasteiger partial charge in [0.25, 0.3) is 5.91 Å². The van der Waals surface area contributed by atoms with Gasteiger partial charge in [-0.25, -0.2) is 4.79 Å². The van der Waals surface area contributed by atoms with Crippen molar-refractivity contribution in [3.8, 4) is 22.8 Å². The number of ether oxygens (including phenoxy) is 1. The lowest BCUT2D eigenvalue weighted by Crippen LogP contribution is -2.30. The number of hydrogen-bond donors (Lipinski definition) is 3. The molecule has 2 aromatic carbocycles. The SMILES string of the molecule is COc1ccc(CNC(=O)n2nc(-c3cc(NC(=O)c4ccncc4)ccc3O)cc2C2CC2)cc1. The van der Waals surface area contributed by atoms with Crippen molar-refractivity contribution in [2.24, 2.45) is 0 Å². The van der Waals surface area contributed by atoms with E-state index in [0.29, 0.717) is 29.1 Å². The standard InChI is InChI=1S/C27H25N5O4/c1-36-21-7-2-17(3-8-21)16-29-27(35)32-24(18-4-5-18)15-23(31-32)22-14-20(6-9-25(22)33)30-26(34)19-10-12-28-13-11-19/h2-3,6-15,18,33H,4-5,16H2,1H3,(H,29,35)(H,30,34). The predicted molar refractivity (Wildman–Crippen MR) is 134 cm³/mol. The fourth-order valence-corrected chi connectivity index (χ4v) is 3.88. The smallest absolute Gasteiger partial charge is 0.342 e. The van der Waals surface area contributed by atoms with Gasteiger partial charge in [-0.3, -0.25) is 9.78 Å². The van der Waals surface area contributed by atoms with E-state index in [1.165, 1.54) is 10.7 Å². The van der Waals surface area contributed by atoms with Gasteiger partial charge in [-0.15, -0.1) is 0 Å². The number of pyridine rings is 1. The molecule has 182 valence electrons. The van der Waals surface area contributed by atoms with Crippen LogP contribution in [0.2, 0.25) is 0 Å². The zero-order valence-corrected chi connectivity index (χ0v) is 19.6. The third-order valence-corrected chi connectivity index (χ3v) is 6.00. The minimum Gasteiger partial charge on any atom is -0.507 e. The van der Waals surface area contributed by atoms with E-state index in [1.54, 1.807) is 43.8 Å². The second kappa shape index (κ2) is 9.91. The molecule has 0 aliphatic heterocycles. The number of nitrogens with zero attached hydrogens (tertiary/aromatic N) is 3. The molecule has 5 rings (SSSR count). The number of phenols is 1. The number of carbonyl (C=O) groups excluding carboxylic acids is 2. The normalized spacial score (nSPS) is 12.7. The summed E-state index contributed by atoms with van der Waals surface area (Å²) < 4.78 is 6.55. The number of hydrogen-bond acceptors (Lipinski definition) is 6. The number of aromatic nitrogens is 3. The Morgan fingerprint density at radius 2 is 1.81 bits per heavy atom. The highest BCUT2D eigenvalue weighted by Gasteiger charge is 2.30. The van der Waals surface area contributed by atoms with E-state index in [0.717, 1.165) is 29.8 Å². The number of aromatic hydroxyl groups is 1. The van der Waals surface area contributed by atoms with Crippen LogP contribution in [0.3, 0.4) is 0 Å². The zero-order valence-electron chi connectivity index (χ0n) is 19.6. The van der Waals surface area contributed by atoms with Crippen molar-refractivity contribution in [1.29, 1.82) is 0 Å². The molecule has 1 aliphatic carbocycles. The molecule has 3 N–H and O–H groups in total. The topological polar surface area (TPSA) is 118 Å². The summed E-state index contributed by atoms with van der Waals surface area (Å²) in [4.78, 5) is 29.5. The minimum absolute atomic E-state index is 0.00236. The first kappa shape index (κ1) is 23.1. The van der Waals surface area contributed by atoms with Gasteiger partial charge in [-0.1, -0.05) is 12.1 Å². The van der Waals surface area contributed by atoms with Crippen LogP contribution in [-0.4, -0.2) is 38.9 Å². The molecule has 2 aromatic heterocycles. The van der Waals surface area contributed by atoms with Gasteiger partial charge in [-0.05, 0) is 66.9 Å². The molecule has 1 fully saturated rings. The highest BCUT2D eigenvalue weighted by atomic mass is 16.5. The molecule has 0 spiro atoms. The van der Waals surface area contributed by atoms with E-state index in [-0.39, 0.29) is 23.6 Å². The molecule has 4 aromatic rings. The first-order chi connectivity index (χ1) is 17.5. The fourth-order valence-electron chi connectivity index (χ4n) is 3.88. The largest absolute Gasteiger partial charge is 0.507 e. The summed E-state index contributed by atoms with van der Waals surface area (Å²) in [6, 6.07) is 16.9. The summed E-state index contributed by atoms with van der Waals surface area (Å²) in [5, 5.41) is 20.8. The predicted octanol–water partition coefficient (Wildman–Crippen LogP) is 4.55. The minimum atomic E-state index is -0.347. The number of nitrogens with one attached hydrogen (secondary N) is 2. The number of anilines is 1. The van der Waals surface area contributed by atoms with Crippen molar-refractivity contribution in [3.05, 3.63) is 89.9 Å². The highest BCUT2D eigenvalue weighted by Crippen LogP contribution is 2.42. The molecule has 0 atom stereocenters. The molecule has 9 heteroatoms. The summed E-state index contributed by atoms with van der Waals surface area (Å²) in [6.45, 7) is 0.337. The Kier molecular flexibility index (Phi) is 6.36. The van der Waals surface area contributed by atoms with Gasteiger partial charge in [0.2, 0.25) is 0 Å². The number of amides is 2. The van der Waals surface area contributed by atoms with Crippen molar-refractivity contribution >= 4 is 17.6 Å². The van der Waals surface area contributed by atoms with Crippen LogP contribution in [0, 0.1) is 0 Å². The van der Waals surface area contributed by atoms with Crippen LogP contribution in [0.1, 0.15) is 40.4 Å². The average molecular weight is 484 g/mol. The summed E-state index contributed by atoms with van der Waals surface area (Å²) in [5.74, 6) is 0.699. The van der Waals surface area contributed by atoms with E-state index in [1.807, 2.05) is 30.3 Å². The molecule has 2 amide bonds. The summed E-state index contributed by atoms with van der Waals surface area (Å²) in [6.07, 6.45) is 5.04. The Labute approximate surface area is 207 Å². The first-order valence-corrected chi connectivity index (χ1v) is 11.6. The van der Waals surface area contributed by atoms with Crippen LogP contribution < -0.4 is 15.4 Å². The van der Waals surface area contributed by atoms with Gasteiger partial charge in [0.05, 0.1) is 18.5 Å². The lowest BCUT2D eigenvalue weighted by Gasteiger charge is -2.09. The molecule has 1 saturated carbocycles. The van der Waals surface area contributed by atoms with Crippen molar-refractivity contribution in [2.45, 2.75) is 25.3 Å². The Hall–Kier alpha value is -4.66. The molecule has 2 heterocycles. The number of phenolic OH excluding ortho intramolecular Hbond substituents is 1. The van der Waals surface area contributed by atoms with Gasteiger partial charge in [0.15, 0.2) is 0 Å². The van der Waals surface area contributed by atoms with Gasteiger partial charge in [0, 0.05) is 41.7 Å². The average Bonchev–Trinajstić information content (AvgIpc) is 3.67. The fraction of sp³-hybridized carbons (Fsp3) is 0.185. The maximum Gasteiger partial charge on any atom is 0.342 e. The third-order valence-electron chi connectivity index (χ3n) is 6.00. The lowest BCUT2D eigenvalue weighted by atomic mass is 10.1. The van der Waals surface area contributed by atoms with Crippen LogP contribution in [0.4, 0.5) is 10.5 Å². The Morgan fingerprint density at radius 3 is 2.50 bits per heavy atom. The van der Waals surface area contributed by atoms with Crippen LogP contribution in [0.25, 0.3) is 11.3 Å². The Bertz CT molecular complexity index is 1400. The monoisotopic (exact) mass is 483 g/mol. The van der Waals surface area contributed by atoms with Crippen LogP contribution in [0.15, 0.2) is 73.1 Å². The quantitative estimate of drug-likeness (QED) is 0.332.